The molecular formula is C29H31ClN2O3S. The van der Waals surface area contributed by atoms with Crippen LogP contribution in [-0.2, 0) is 11.2 Å². The number of rotatable bonds is 8. The molecule has 5 rings (SSSR count). The van der Waals surface area contributed by atoms with Crippen molar-refractivity contribution in [2.24, 2.45) is 5.92 Å². The van der Waals surface area contributed by atoms with Crippen molar-refractivity contribution >= 4 is 34.8 Å². The van der Waals surface area contributed by atoms with E-state index in [-0.39, 0.29) is 24.4 Å². The number of hydrogen-bond donors (Lipinski definition) is 0. The molecule has 5 nitrogen and oxygen atoms in total. The van der Waals surface area contributed by atoms with Crippen LogP contribution < -0.4 is 4.74 Å². The van der Waals surface area contributed by atoms with E-state index >= 15 is 0 Å². The molecule has 0 unspecified atom stereocenters. The molecule has 1 fully saturated rings. The third kappa shape index (κ3) is 5.60. The van der Waals surface area contributed by atoms with E-state index in [0.717, 1.165) is 36.1 Å². The molecular weight excluding hydrogens is 492 g/mol. The molecule has 2 heterocycles. The Labute approximate surface area is 221 Å². The molecule has 36 heavy (non-hydrogen) atoms. The number of thiophene rings is 1. The van der Waals surface area contributed by atoms with Crippen LogP contribution in [0.5, 0.6) is 5.75 Å². The van der Waals surface area contributed by atoms with Gasteiger partial charge in [0.15, 0.2) is 0 Å². The Morgan fingerprint density at radius 1 is 1.14 bits per heavy atom. The summed E-state index contributed by atoms with van der Waals surface area (Å²) in [4.78, 5) is 32.0. The molecule has 2 amide bonds. The first-order valence-corrected chi connectivity index (χ1v) is 13.8. The lowest BCUT2D eigenvalue weighted by Gasteiger charge is -2.37. The number of benzene rings is 2. The standard InChI is InChI=1S/C29H31ClN2O3S/c1-19-6-9-26(20(2)14-19)35-18-25-24-11-13-36-27(24)10-12-32(25)28(33)17-31(16-21-7-8-21)29(34)22-4-3-5-23(30)15-22/h3-6,9,11,13-15,21,25H,7-8,10,12,16-18H2,1-2H3/t25-/m1/s1. The van der Waals surface area contributed by atoms with E-state index < -0.39 is 0 Å². The third-order valence-corrected chi connectivity index (χ3v) is 8.23. The van der Waals surface area contributed by atoms with Gasteiger partial charge in [0.25, 0.3) is 5.91 Å². The molecule has 188 valence electrons. The van der Waals surface area contributed by atoms with Crippen molar-refractivity contribution in [1.29, 1.82) is 0 Å². The van der Waals surface area contributed by atoms with Gasteiger partial charge in [0.2, 0.25) is 5.91 Å². The second-order valence-corrected chi connectivity index (χ2v) is 11.3. The number of amides is 2. The molecule has 1 saturated carbocycles. The molecule has 2 aliphatic rings. The molecule has 1 atom stereocenters. The van der Waals surface area contributed by atoms with Gasteiger partial charge in [-0.3, -0.25) is 9.59 Å². The smallest absolute Gasteiger partial charge is 0.254 e. The Morgan fingerprint density at radius 2 is 1.97 bits per heavy atom. The van der Waals surface area contributed by atoms with Crippen LogP contribution in [-0.4, -0.2) is 47.9 Å². The average molecular weight is 523 g/mol. The highest BCUT2D eigenvalue weighted by molar-refractivity contribution is 7.10. The van der Waals surface area contributed by atoms with Gasteiger partial charge in [0.05, 0.1) is 6.04 Å². The van der Waals surface area contributed by atoms with Crippen molar-refractivity contribution in [2.75, 3.05) is 26.2 Å². The van der Waals surface area contributed by atoms with Crippen molar-refractivity contribution < 1.29 is 14.3 Å². The van der Waals surface area contributed by atoms with E-state index in [2.05, 4.69) is 24.4 Å². The Morgan fingerprint density at radius 3 is 2.72 bits per heavy atom. The van der Waals surface area contributed by atoms with Crippen molar-refractivity contribution in [3.63, 3.8) is 0 Å². The Balaban J connectivity index is 1.35. The molecule has 1 aliphatic carbocycles. The number of aryl methyl sites for hydroxylation is 2. The minimum absolute atomic E-state index is 0.0443. The molecule has 0 bridgehead atoms. The summed E-state index contributed by atoms with van der Waals surface area (Å²) in [6, 6.07) is 15.0. The second-order valence-electron chi connectivity index (χ2n) is 9.87. The molecule has 1 aromatic heterocycles. The van der Waals surface area contributed by atoms with Crippen molar-refractivity contribution in [3.05, 3.63) is 86.1 Å². The summed E-state index contributed by atoms with van der Waals surface area (Å²) < 4.78 is 6.26. The summed E-state index contributed by atoms with van der Waals surface area (Å²) in [5, 5.41) is 2.60. The fourth-order valence-electron chi connectivity index (χ4n) is 4.89. The van der Waals surface area contributed by atoms with Gasteiger partial charge >= 0.3 is 0 Å². The molecule has 0 spiro atoms. The SMILES string of the molecule is Cc1ccc(OC[C@@H]2c3ccsc3CCN2C(=O)CN(CC2CC2)C(=O)c2cccc(Cl)c2)c(C)c1. The lowest BCUT2D eigenvalue weighted by molar-refractivity contribution is -0.135. The van der Waals surface area contributed by atoms with Gasteiger partial charge in [-0.15, -0.1) is 11.3 Å². The van der Waals surface area contributed by atoms with Crippen LogP contribution >= 0.6 is 22.9 Å². The van der Waals surface area contributed by atoms with Crippen molar-refractivity contribution in [1.82, 2.24) is 9.80 Å². The summed E-state index contributed by atoms with van der Waals surface area (Å²) in [5.41, 5.74) is 3.94. The number of fused-ring (bicyclic) bond motifs is 1. The van der Waals surface area contributed by atoms with Crippen LogP contribution in [0.25, 0.3) is 0 Å². The number of carbonyl (C=O) groups is 2. The van der Waals surface area contributed by atoms with E-state index in [1.165, 1.54) is 10.4 Å². The van der Waals surface area contributed by atoms with E-state index in [1.54, 1.807) is 40.5 Å². The molecule has 0 N–H and O–H groups in total. The average Bonchev–Trinajstić information content (AvgIpc) is 3.54. The summed E-state index contributed by atoms with van der Waals surface area (Å²) in [7, 11) is 0. The highest BCUT2D eigenvalue weighted by Gasteiger charge is 2.35. The maximum Gasteiger partial charge on any atom is 0.254 e. The molecule has 1 aliphatic heterocycles. The highest BCUT2D eigenvalue weighted by Crippen LogP contribution is 2.35. The van der Waals surface area contributed by atoms with Crippen molar-refractivity contribution in [3.8, 4) is 5.75 Å². The lowest BCUT2D eigenvalue weighted by Crippen LogP contribution is -2.48. The molecule has 3 aromatic rings. The van der Waals surface area contributed by atoms with Gasteiger partial charge in [-0.25, -0.2) is 0 Å². The highest BCUT2D eigenvalue weighted by atomic mass is 35.5. The summed E-state index contributed by atoms with van der Waals surface area (Å²) >= 11 is 7.87. The first kappa shape index (κ1) is 24.8. The second kappa shape index (κ2) is 10.7. The monoisotopic (exact) mass is 522 g/mol. The number of carbonyl (C=O) groups excluding carboxylic acids is 2. The van der Waals surface area contributed by atoms with E-state index in [9.17, 15) is 9.59 Å². The van der Waals surface area contributed by atoms with Crippen LogP contribution in [0.3, 0.4) is 0 Å². The lowest BCUT2D eigenvalue weighted by atomic mass is 10.00. The van der Waals surface area contributed by atoms with E-state index in [0.29, 0.717) is 36.2 Å². The number of nitrogens with zero attached hydrogens (tertiary/aromatic N) is 2. The van der Waals surface area contributed by atoms with Gasteiger partial charge in [0.1, 0.15) is 18.9 Å². The fourth-order valence-corrected chi connectivity index (χ4v) is 6.01. The zero-order valence-electron chi connectivity index (χ0n) is 20.7. The summed E-state index contributed by atoms with van der Waals surface area (Å²) in [6.07, 6.45) is 3.02. The van der Waals surface area contributed by atoms with Crippen LogP contribution in [0, 0.1) is 19.8 Å². The third-order valence-electron chi connectivity index (χ3n) is 7.00. The van der Waals surface area contributed by atoms with E-state index in [1.807, 2.05) is 24.0 Å². The first-order chi connectivity index (χ1) is 17.4. The van der Waals surface area contributed by atoms with Crippen LogP contribution in [0.15, 0.2) is 53.9 Å². The molecule has 7 heteroatoms. The maximum atomic E-state index is 13.7. The van der Waals surface area contributed by atoms with Gasteiger partial charge in [0, 0.05) is 28.6 Å². The molecule has 0 saturated heterocycles. The predicted octanol–water partition coefficient (Wildman–Crippen LogP) is 6.08. The fraction of sp³-hybridized carbons (Fsp3) is 0.379. The minimum Gasteiger partial charge on any atom is -0.491 e. The van der Waals surface area contributed by atoms with Gasteiger partial charge in [-0.1, -0.05) is 35.4 Å². The number of halogens is 1. The molecule has 2 aromatic carbocycles. The molecule has 0 radical (unpaired) electrons. The predicted molar refractivity (Wildman–Crippen MR) is 144 cm³/mol. The van der Waals surface area contributed by atoms with Crippen LogP contribution in [0.1, 0.15) is 50.8 Å². The normalized spacial score (nSPS) is 17.0. The van der Waals surface area contributed by atoms with Gasteiger partial charge < -0.3 is 14.5 Å². The Hall–Kier alpha value is -2.83. The largest absolute Gasteiger partial charge is 0.491 e. The van der Waals surface area contributed by atoms with Crippen LogP contribution in [0.2, 0.25) is 5.02 Å². The zero-order chi connectivity index (χ0) is 25.2. The minimum atomic E-state index is -0.183. The number of hydrogen-bond acceptors (Lipinski definition) is 4. The maximum absolute atomic E-state index is 13.7. The zero-order valence-corrected chi connectivity index (χ0v) is 22.3. The summed E-state index contributed by atoms with van der Waals surface area (Å²) in [6.45, 7) is 5.76. The van der Waals surface area contributed by atoms with Crippen LogP contribution in [0.4, 0.5) is 0 Å². The number of ether oxygens (including phenoxy) is 1. The Kier molecular flexibility index (Phi) is 7.35. The van der Waals surface area contributed by atoms with E-state index in [4.69, 9.17) is 16.3 Å². The Bertz CT molecular complexity index is 1270. The van der Waals surface area contributed by atoms with Gasteiger partial charge in [-0.2, -0.15) is 0 Å². The first-order valence-electron chi connectivity index (χ1n) is 12.5. The van der Waals surface area contributed by atoms with Gasteiger partial charge in [-0.05, 0) is 85.9 Å². The summed E-state index contributed by atoms with van der Waals surface area (Å²) in [5.74, 6) is 1.11. The topological polar surface area (TPSA) is 49.9 Å². The van der Waals surface area contributed by atoms with Crippen molar-refractivity contribution in [2.45, 2.75) is 39.2 Å². The quantitative estimate of drug-likeness (QED) is 0.360.